The number of sulfonamides is 1. The summed E-state index contributed by atoms with van der Waals surface area (Å²) >= 11 is 0. The Bertz CT molecular complexity index is 996. The number of hydrogen-bond donors (Lipinski definition) is 1. The van der Waals surface area contributed by atoms with Crippen molar-refractivity contribution in [3.63, 3.8) is 0 Å². The van der Waals surface area contributed by atoms with Gasteiger partial charge in [-0.3, -0.25) is 9.10 Å². The van der Waals surface area contributed by atoms with Crippen LogP contribution in [0.5, 0.6) is 23.0 Å². The second kappa shape index (κ2) is 10.9. The third kappa shape index (κ3) is 6.68. The zero-order valence-electron chi connectivity index (χ0n) is 19.2. The second-order valence-corrected chi connectivity index (χ2v) is 9.15. The fourth-order valence-corrected chi connectivity index (χ4v) is 3.84. The van der Waals surface area contributed by atoms with Gasteiger partial charge in [-0.2, -0.15) is 0 Å². The molecular formula is C22H30N2O7S. The summed E-state index contributed by atoms with van der Waals surface area (Å²) in [5.74, 6) is 1.50. The third-order valence-corrected chi connectivity index (χ3v) is 5.54. The molecule has 0 aromatic heterocycles. The van der Waals surface area contributed by atoms with Crippen molar-refractivity contribution < 1.29 is 32.2 Å². The van der Waals surface area contributed by atoms with Crippen molar-refractivity contribution in [1.82, 2.24) is 5.32 Å². The Kier molecular flexibility index (Phi) is 8.59. The van der Waals surface area contributed by atoms with E-state index in [0.29, 0.717) is 34.2 Å². The number of hydrogen-bond acceptors (Lipinski definition) is 7. The summed E-state index contributed by atoms with van der Waals surface area (Å²) in [5, 5.41) is 2.73. The summed E-state index contributed by atoms with van der Waals surface area (Å²) in [4.78, 5) is 12.6. The SMILES string of the molecule is COc1cc(CNC(=O)CN(c2ccc(OC(C)C)cc2)S(C)(=O)=O)cc(OC)c1OC. The minimum absolute atomic E-state index is 0.00663. The van der Waals surface area contributed by atoms with Crippen LogP contribution >= 0.6 is 0 Å². The van der Waals surface area contributed by atoms with Gasteiger partial charge in [0.2, 0.25) is 21.7 Å². The highest BCUT2D eigenvalue weighted by Gasteiger charge is 2.21. The van der Waals surface area contributed by atoms with Crippen LogP contribution in [0, 0.1) is 0 Å². The lowest BCUT2D eigenvalue weighted by Crippen LogP contribution is -2.40. The van der Waals surface area contributed by atoms with E-state index in [0.717, 1.165) is 10.6 Å². The maximum atomic E-state index is 12.6. The van der Waals surface area contributed by atoms with Gasteiger partial charge in [-0.1, -0.05) is 0 Å². The number of rotatable bonds is 11. The molecule has 0 saturated carbocycles. The molecule has 0 saturated heterocycles. The van der Waals surface area contributed by atoms with Crippen LogP contribution in [-0.4, -0.2) is 54.6 Å². The fraction of sp³-hybridized carbons (Fsp3) is 0.409. The molecule has 2 aromatic carbocycles. The van der Waals surface area contributed by atoms with E-state index in [-0.39, 0.29) is 19.2 Å². The molecule has 0 heterocycles. The number of carbonyl (C=O) groups excluding carboxylic acids is 1. The molecule has 0 bridgehead atoms. The molecule has 0 aliphatic heterocycles. The number of carbonyl (C=O) groups is 1. The van der Waals surface area contributed by atoms with E-state index in [4.69, 9.17) is 18.9 Å². The Hall–Kier alpha value is -3.14. The molecule has 176 valence electrons. The van der Waals surface area contributed by atoms with Crippen LogP contribution in [0.2, 0.25) is 0 Å². The monoisotopic (exact) mass is 466 g/mol. The predicted octanol–water partition coefficient (Wildman–Crippen LogP) is 2.58. The molecule has 0 unspecified atom stereocenters. The number of nitrogens with zero attached hydrogens (tertiary/aromatic N) is 1. The summed E-state index contributed by atoms with van der Waals surface area (Å²) in [5.41, 5.74) is 1.07. The highest BCUT2D eigenvalue weighted by Crippen LogP contribution is 2.38. The Labute approximate surface area is 189 Å². The first-order chi connectivity index (χ1) is 15.1. The Morgan fingerprint density at radius 3 is 2.00 bits per heavy atom. The molecule has 9 nitrogen and oxygen atoms in total. The van der Waals surface area contributed by atoms with Crippen LogP contribution in [0.1, 0.15) is 19.4 Å². The summed E-state index contributed by atoms with van der Waals surface area (Å²) in [6.07, 6.45) is 1.05. The van der Waals surface area contributed by atoms with Crippen LogP contribution in [0.4, 0.5) is 5.69 Å². The highest BCUT2D eigenvalue weighted by atomic mass is 32.2. The van der Waals surface area contributed by atoms with E-state index in [1.165, 1.54) is 21.3 Å². The van der Waals surface area contributed by atoms with E-state index in [1.54, 1.807) is 36.4 Å². The summed E-state index contributed by atoms with van der Waals surface area (Å²) in [6.45, 7) is 3.58. The van der Waals surface area contributed by atoms with Crippen LogP contribution in [0.25, 0.3) is 0 Å². The molecular weight excluding hydrogens is 436 g/mol. The van der Waals surface area contributed by atoms with Gasteiger partial charge in [-0.25, -0.2) is 8.42 Å². The third-order valence-electron chi connectivity index (χ3n) is 4.40. The minimum Gasteiger partial charge on any atom is -0.493 e. The number of ether oxygens (including phenoxy) is 4. The number of anilines is 1. The topological polar surface area (TPSA) is 103 Å². The van der Waals surface area contributed by atoms with E-state index in [2.05, 4.69) is 5.32 Å². The largest absolute Gasteiger partial charge is 0.493 e. The Morgan fingerprint density at radius 2 is 1.56 bits per heavy atom. The van der Waals surface area contributed by atoms with Crippen molar-refractivity contribution in [2.75, 3.05) is 38.4 Å². The van der Waals surface area contributed by atoms with Gasteiger partial charge in [-0.05, 0) is 55.8 Å². The fourth-order valence-electron chi connectivity index (χ4n) is 2.99. The van der Waals surface area contributed by atoms with E-state index < -0.39 is 15.9 Å². The lowest BCUT2D eigenvalue weighted by Gasteiger charge is -2.22. The molecule has 2 aromatic rings. The highest BCUT2D eigenvalue weighted by molar-refractivity contribution is 7.92. The zero-order chi connectivity index (χ0) is 23.9. The summed E-state index contributed by atoms with van der Waals surface area (Å²) in [7, 11) is 0.818. The van der Waals surface area contributed by atoms with Gasteiger partial charge in [0.25, 0.3) is 0 Å². The van der Waals surface area contributed by atoms with Crippen molar-refractivity contribution >= 4 is 21.6 Å². The number of benzene rings is 2. The molecule has 32 heavy (non-hydrogen) atoms. The van der Waals surface area contributed by atoms with Gasteiger partial charge < -0.3 is 24.3 Å². The first-order valence-corrected chi connectivity index (χ1v) is 11.7. The molecule has 0 radical (unpaired) electrons. The molecule has 10 heteroatoms. The van der Waals surface area contributed by atoms with Gasteiger partial charge in [0.15, 0.2) is 11.5 Å². The maximum absolute atomic E-state index is 12.6. The van der Waals surface area contributed by atoms with Crippen molar-refractivity contribution in [2.45, 2.75) is 26.5 Å². The average Bonchev–Trinajstić information content (AvgIpc) is 2.74. The second-order valence-electron chi connectivity index (χ2n) is 7.24. The standard InChI is InChI=1S/C22H30N2O7S/c1-15(2)31-18-9-7-17(8-10-18)24(32(6,26)27)14-21(25)23-13-16-11-19(28-3)22(30-5)20(12-16)29-4/h7-12,15H,13-14H2,1-6H3,(H,23,25). The quantitative estimate of drug-likeness (QED) is 0.543. The molecule has 0 aliphatic carbocycles. The predicted molar refractivity (Wildman–Crippen MR) is 122 cm³/mol. The Morgan fingerprint density at radius 1 is 1.00 bits per heavy atom. The minimum atomic E-state index is -3.69. The molecule has 0 fully saturated rings. The normalized spacial score (nSPS) is 11.1. The summed E-state index contributed by atoms with van der Waals surface area (Å²) in [6, 6.07) is 9.96. The van der Waals surface area contributed by atoms with Crippen molar-refractivity contribution in [1.29, 1.82) is 0 Å². The lowest BCUT2D eigenvalue weighted by molar-refractivity contribution is -0.119. The molecule has 2 rings (SSSR count). The van der Waals surface area contributed by atoms with Gasteiger partial charge in [-0.15, -0.1) is 0 Å². The van der Waals surface area contributed by atoms with Crippen molar-refractivity contribution in [3.05, 3.63) is 42.0 Å². The van der Waals surface area contributed by atoms with E-state index >= 15 is 0 Å². The molecule has 0 aliphatic rings. The molecule has 0 atom stereocenters. The van der Waals surface area contributed by atoms with Crippen LogP contribution < -0.4 is 28.6 Å². The van der Waals surface area contributed by atoms with Gasteiger partial charge in [0.05, 0.1) is 39.4 Å². The zero-order valence-corrected chi connectivity index (χ0v) is 20.0. The van der Waals surface area contributed by atoms with Crippen LogP contribution in [0.3, 0.4) is 0 Å². The van der Waals surface area contributed by atoms with Gasteiger partial charge in [0, 0.05) is 6.54 Å². The molecule has 1 N–H and O–H groups in total. The average molecular weight is 467 g/mol. The van der Waals surface area contributed by atoms with Crippen molar-refractivity contribution in [2.24, 2.45) is 0 Å². The van der Waals surface area contributed by atoms with Crippen LogP contribution in [-0.2, 0) is 21.4 Å². The number of nitrogens with one attached hydrogen (secondary N) is 1. The lowest BCUT2D eigenvalue weighted by atomic mass is 10.1. The summed E-state index contributed by atoms with van der Waals surface area (Å²) < 4.78 is 47.1. The van der Waals surface area contributed by atoms with Crippen LogP contribution in [0.15, 0.2) is 36.4 Å². The van der Waals surface area contributed by atoms with E-state index in [9.17, 15) is 13.2 Å². The Balaban J connectivity index is 2.13. The smallest absolute Gasteiger partial charge is 0.241 e. The molecule has 1 amide bonds. The maximum Gasteiger partial charge on any atom is 0.241 e. The number of methoxy groups -OCH3 is 3. The molecule has 0 spiro atoms. The number of amides is 1. The van der Waals surface area contributed by atoms with E-state index in [1.807, 2.05) is 13.8 Å². The van der Waals surface area contributed by atoms with Gasteiger partial charge >= 0.3 is 0 Å². The first kappa shape index (κ1) is 25.1. The van der Waals surface area contributed by atoms with Crippen molar-refractivity contribution in [3.8, 4) is 23.0 Å². The first-order valence-electron chi connectivity index (χ1n) is 9.89. The van der Waals surface area contributed by atoms with Gasteiger partial charge in [0.1, 0.15) is 12.3 Å².